The van der Waals surface area contributed by atoms with E-state index in [1.807, 2.05) is 37.4 Å². The van der Waals surface area contributed by atoms with Gasteiger partial charge in [-0.3, -0.25) is 9.59 Å². The number of hydrogen-bond donors (Lipinski definition) is 1. The van der Waals surface area contributed by atoms with E-state index in [-0.39, 0.29) is 11.8 Å². The summed E-state index contributed by atoms with van der Waals surface area (Å²) in [6.45, 7) is 2.57. The van der Waals surface area contributed by atoms with Crippen molar-refractivity contribution in [1.82, 2.24) is 15.1 Å². The van der Waals surface area contributed by atoms with E-state index in [4.69, 9.17) is 0 Å². The first kappa shape index (κ1) is 18.8. The van der Waals surface area contributed by atoms with Crippen LogP contribution in [0.1, 0.15) is 24.3 Å². The Morgan fingerprint density at radius 2 is 2.19 bits per heavy atom. The molecule has 0 aliphatic carbocycles. The Morgan fingerprint density at radius 3 is 2.92 bits per heavy atom. The maximum Gasteiger partial charge on any atom is 0.247 e. The zero-order valence-corrected chi connectivity index (χ0v) is 16.5. The second kappa shape index (κ2) is 8.64. The number of amides is 2. The van der Waals surface area contributed by atoms with Crippen molar-refractivity contribution in [3.63, 3.8) is 0 Å². The van der Waals surface area contributed by atoms with Crippen LogP contribution in [-0.2, 0) is 9.59 Å². The molecule has 1 atom stereocenters. The van der Waals surface area contributed by atoms with Crippen molar-refractivity contribution in [2.45, 2.75) is 32.2 Å². The summed E-state index contributed by atoms with van der Waals surface area (Å²) in [5, 5.41) is 12.9. The quantitative estimate of drug-likeness (QED) is 0.849. The molecule has 8 heteroatoms. The van der Waals surface area contributed by atoms with Crippen LogP contribution in [0.5, 0.6) is 0 Å². The second-order valence-corrected chi connectivity index (χ2v) is 8.28. The van der Waals surface area contributed by atoms with E-state index in [9.17, 15) is 9.59 Å². The highest BCUT2D eigenvalue weighted by atomic mass is 32.2. The number of anilines is 1. The summed E-state index contributed by atoms with van der Waals surface area (Å²) in [5.41, 5.74) is 1.63. The van der Waals surface area contributed by atoms with Gasteiger partial charge in [0.1, 0.15) is 16.1 Å². The summed E-state index contributed by atoms with van der Waals surface area (Å²) in [5.74, 6) is 0.329. The number of carbonyl (C=O) groups excluding carboxylic acids is 2. The number of nitrogens with zero attached hydrogens (tertiary/aromatic N) is 3. The number of thioether (sulfide) groups is 1. The first-order chi connectivity index (χ1) is 12.6. The van der Waals surface area contributed by atoms with Crippen LogP contribution in [0.3, 0.4) is 0 Å². The average Bonchev–Trinajstić information content (AvgIpc) is 3.08. The van der Waals surface area contributed by atoms with Crippen LogP contribution in [0.15, 0.2) is 24.3 Å². The number of aromatic nitrogens is 2. The Hall–Kier alpha value is -1.93. The van der Waals surface area contributed by atoms with Crippen molar-refractivity contribution >= 4 is 40.6 Å². The monoisotopic (exact) mass is 390 g/mol. The average molecular weight is 391 g/mol. The van der Waals surface area contributed by atoms with E-state index >= 15 is 0 Å². The predicted molar refractivity (Wildman–Crippen MR) is 106 cm³/mol. The highest BCUT2D eigenvalue weighted by molar-refractivity contribution is 7.99. The molecule has 2 amide bonds. The van der Waals surface area contributed by atoms with Gasteiger partial charge in [-0.1, -0.05) is 23.5 Å². The molecule has 6 nitrogen and oxygen atoms in total. The lowest BCUT2D eigenvalue weighted by molar-refractivity contribution is -0.138. The van der Waals surface area contributed by atoms with Gasteiger partial charge in [-0.05, 0) is 44.6 Å². The Balaban J connectivity index is 1.73. The Labute approximate surface area is 161 Å². The smallest absolute Gasteiger partial charge is 0.247 e. The molecular weight excluding hydrogens is 368 g/mol. The fourth-order valence-electron chi connectivity index (χ4n) is 3.08. The van der Waals surface area contributed by atoms with Crippen LogP contribution in [-0.4, -0.2) is 51.5 Å². The van der Waals surface area contributed by atoms with Crippen LogP contribution in [0, 0.1) is 6.92 Å². The van der Waals surface area contributed by atoms with E-state index in [0.29, 0.717) is 24.4 Å². The summed E-state index contributed by atoms with van der Waals surface area (Å²) >= 11 is 3.00. The number of likely N-dealkylation sites (tertiary alicyclic amines) is 1. The molecular formula is C18H22N4O2S2. The number of rotatable bonds is 5. The van der Waals surface area contributed by atoms with Crippen molar-refractivity contribution in [1.29, 1.82) is 0 Å². The maximum atomic E-state index is 12.8. The molecule has 0 spiro atoms. The van der Waals surface area contributed by atoms with Gasteiger partial charge >= 0.3 is 0 Å². The lowest BCUT2D eigenvalue weighted by atomic mass is 10.0. The van der Waals surface area contributed by atoms with Gasteiger partial charge in [-0.2, -0.15) is 11.8 Å². The summed E-state index contributed by atoms with van der Waals surface area (Å²) in [4.78, 5) is 26.8. The lowest BCUT2D eigenvalue weighted by Gasteiger charge is -2.34. The number of benzene rings is 1. The summed E-state index contributed by atoms with van der Waals surface area (Å²) < 4.78 is 0. The molecule has 1 saturated heterocycles. The van der Waals surface area contributed by atoms with Gasteiger partial charge in [0.05, 0.1) is 5.75 Å². The zero-order chi connectivity index (χ0) is 18.5. The van der Waals surface area contributed by atoms with Crippen LogP contribution in [0.2, 0.25) is 0 Å². The first-order valence-electron chi connectivity index (χ1n) is 8.58. The van der Waals surface area contributed by atoms with Crippen LogP contribution >= 0.6 is 23.1 Å². The highest BCUT2D eigenvalue weighted by Gasteiger charge is 2.31. The molecule has 3 rings (SSSR count). The SMILES string of the molecule is CSCC(=O)N1CCCCC1C(=O)Nc1cccc(-c2nnc(C)s2)c1. The van der Waals surface area contributed by atoms with Crippen molar-refractivity contribution < 1.29 is 9.59 Å². The molecule has 138 valence electrons. The second-order valence-electron chi connectivity index (χ2n) is 6.23. The molecule has 1 fully saturated rings. The summed E-state index contributed by atoms with van der Waals surface area (Å²) in [6.07, 6.45) is 4.53. The van der Waals surface area contributed by atoms with Gasteiger partial charge in [0.15, 0.2) is 0 Å². The zero-order valence-electron chi connectivity index (χ0n) is 14.9. The Kier molecular flexibility index (Phi) is 6.26. The standard InChI is InChI=1S/C18H22N4O2S2/c1-12-20-21-18(26-12)13-6-5-7-14(10-13)19-17(24)15-8-3-4-9-22(15)16(23)11-25-2/h5-7,10,15H,3-4,8-9,11H2,1-2H3,(H,19,24). The van der Waals surface area contributed by atoms with E-state index in [0.717, 1.165) is 28.4 Å². The van der Waals surface area contributed by atoms with Gasteiger partial charge in [0, 0.05) is 17.8 Å². The molecule has 26 heavy (non-hydrogen) atoms. The van der Waals surface area contributed by atoms with Crippen LogP contribution in [0.4, 0.5) is 5.69 Å². The number of hydrogen-bond acceptors (Lipinski definition) is 6. The van der Waals surface area contributed by atoms with E-state index in [1.54, 1.807) is 4.90 Å². The third kappa shape index (κ3) is 4.42. The molecule has 0 saturated carbocycles. The normalized spacial score (nSPS) is 17.2. The number of aryl methyl sites for hydroxylation is 1. The molecule has 0 bridgehead atoms. The molecule has 1 unspecified atom stereocenters. The molecule has 2 aromatic rings. The topological polar surface area (TPSA) is 75.2 Å². The minimum atomic E-state index is -0.393. The van der Waals surface area contributed by atoms with Gasteiger partial charge in [0.25, 0.3) is 0 Å². The third-order valence-corrected chi connectivity index (χ3v) is 5.72. The van der Waals surface area contributed by atoms with Gasteiger partial charge in [-0.15, -0.1) is 10.2 Å². The number of piperidine rings is 1. The van der Waals surface area contributed by atoms with Crippen molar-refractivity contribution in [2.75, 3.05) is 23.9 Å². The Bertz CT molecular complexity index is 793. The maximum absolute atomic E-state index is 12.8. The largest absolute Gasteiger partial charge is 0.330 e. The molecule has 1 aliphatic heterocycles. The predicted octanol–water partition coefficient (Wildman–Crippen LogP) is 3.20. The molecule has 1 aromatic heterocycles. The summed E-state index contributed by atoms with van der Waals surface area (Å²) in [6, 6.07) is 7.20. The number of nitrogens with one attached hydrogen (secondary N) is 1. The molecule has 2 heterocycles. The first-order valence-corrected chi connectivity index (χ1v) is 10.8. The molecule has 1 aliphatic rings. The van der Waals surface area contributed by atoms with E-state index in [1.165, 1.54) is 23.1 Å². The molecule has 1 aromatic carbocycles. The number of carbonyl (C=O) groups is 2. The lowest BCUT2D eigenvalue weighted by Crippen LogP contribution is -2.50. The van der Waals surface area contributed by atoms with Gasteiger partial charge in [0.2, 0.25) is 11.8 Å². The molecule has 1 N–H and O–H groups in total. The highest BCUT2D eigenvalue weighted by Crippen LogP contribution is 2.26. The van der Waals surface area contributed by atoms with Crippen molar-refractivity contribution in [2.24, 2.45) is 0 Å². The Morgan fingerprint density at radius 1 is 1.35 bits per heavy atom. The minimum absolute atomic E-state index is 0.0374. The van der Waals surface area contributed by atoms with Gasteiger partial charge in [-0.25, -0.2) is 0 Å². The van der Waals surface area contributed by atoms with E-state index < -0.39 is 6.04 Å². The fraction of sp³-hybridized carbons (Fsp3) is 0.444. The van der Waals surface area contributed by atoms with E-state index in [2.05, 4.69) is 15.5 Å². The van der Waals surface area contributed by atoms with Crippen LogP contribution < -0.4 is 5.32 Å². The third-order valence-electron chi connectivity index (χ3n) is 4.30. The van der Waals surface area contributed by atoms with Crippen LogP contribution in [0.25, 0.3) is 10.6 Å². The minimum Gasteiger partial charge on any atom is -0.330 e. The summed E-state index contributed by atoms with van der Waals surface area (Å²) in [7, 11) is 0. The van der Waals surface area contributed by atoms with Crippen molar-refractivity contribution in [3.05, 3.63) is 29.3 Å². The van der Waals surface area contributed by atoms with Gasteiger partial charge < -0.3 is 10.2 Å². The fourth-order valence-corrected chi connectivity index (χ4v) is 4.18. The molecule has 0 radical (unpaired) electrons. The van der Waals surface area contributed by atoms with Crippen molar-refractivity contribution in [3.8, 4) is 10.6 Å².